The van der Waals surface area contributed by atoms with Gasteiger partial charge in [-0.2, -0.15) is 0 Å². The molecule has 0 aliphatic heterocycles. The summed E-state index contributed by atoms with van der Waals surface area (Å²) in [4.78, 5) is 27.9. The van der Waals surface area contributed by atoms with Crippen molar-refractivity contribution in [1.29, 1.82) is 0 Å². The van der Waals surface area contributed by atoms with Gasteiger partial charge in [-0.15, -0.1) is 11.3 Å². The molecule has 0 aliphatic rings. The van der Waals surface area contributed by atoms with Crippen LogP contribution in [0.4, 0.5) is 5.13 Å². The van der Waals surface area contributed by atoms with Gasteiger partial charge in [0.15, 0.2) is 23.2 Å². The monoisotopic (exact) mass is 413 g/mol. The zero-order valence-corrected chi connectivity index (χ0v) is 16.6. The Morgan fingerprint density at radius 1 is 1.07 bits per heavy atom. The van der Waals surface area contributed by atoms with Crippen molar-refractivity contribution in [3.05, 3.63) is 53.4 Å². The number of hydrogen-bond donors (Lipinski definition) is 2. The molecule has 0 unspecified atom stereocenters. The Morgan fingerprint density at radius 3 is 2.48 bits per heavy atom. The van der Waals surface area contributed by atoms with Crippen molar-refractivity contribution in [2.45, 2.75) is 0 Å². The number of aromatic nitrogens is 1. The quantitative estimate of drug-likeness (QED) is 0.587. The second-order valence-corrected chi connectivity index (χ2v) is 6.70. The van der Waals surface area contributed by atoms with Gasteiger partial charge < -0.3 is 19.9 Å². The largest absolute Gasteiger partial charge is 0.497 e. The Morgan fingerprint density at radius 2 is 1.83 bits per heavy atom. The molecular weight excluding hydrogens is 394 g/mol. The summed E-state index contributed by atoms with van der Waals surface area (Å²) in [5, 5.41) is 5.09. The Bertz CT molecular complexity index is 1020. The molecule has 0 bridgehead atoms. The van der Waals surface area contributed by atoms with E-state index in [9.17, 15) is 9.59 Å². The van der Waals surface area contributed by atoms with Crippen LogP contribution in [-0.4, -0.2) is 37.6 Å². The highest BCUT2D eigenvalue weighted by Gasteiger charge is 2.14. The number of methoxy groups -OCH3 is 2. The van der Waals surface area contributed by atoms with Crippen LogP contribution in [0.25, 0.3) is 11.3 Å². The molecule has 150 valence electrons. The van der Waals surface area contributed by atoms with Gasteiger partial charge in [0.2, 0.25) is 0 Å². The second-order valence-electron chi connectivity index (χ2n) is 5.84. The summed E-state index contributed by atoms with van der Waals surface area (Å²) in [6.45, 7) is -0.283. The van der Waals surface area contributed by atoms with Crippen LogP contribution in [0, 0.1) is 0 Å². The van der Waals surface area contributed by atoms with Gasteiger partial charge in [-0.25, -0.2) is 4.98 Å². The normalized spacial score (nSPS) is 10.3. The smallest absolute Gasteiger partial charge is 0.257 e. The molecule has 3 aromatic rings. The molecule has 0 saturated carbocycles. The van der Waals surface area contributed by atoms with Crippen molar-refractivity contribution >= 4 is 28.3 Å². The summed E-state index contributed by atoms with van der Waals surface area (Å²) < 4.78 is 15.6. The molecule has 0 atom stereocenters. The van der Waals surface area contributed by atoms with E-state index >= 15 is 0 Å². The highest BCUT2D eigenvalue weighted by atomic mass is 32.1. The second kappa shape index (κ2) is 9.07. The number of amides is 2. The Labute approximate surface area is 171 Å². The molecule has 0 fully saturated rings. The summed E-state index contributed by atoms with van der Waals surface area (Å²) in [5.74, 6) is 0.441. The fourth-order valence-electron chi connectivity index (χ4n) is 2.47. The van der Waals surface area contributed by atoms with Crippen molar-refractivity contribution in [2.24, 2.45) is 5.73 Å². The van der Waals surface area contributed by atoms with Gasteiger partial charge in [-0.1, -0.05) is 0 Å². The van der Waals surface area contributed by atoms with E-state index < -0.39 is 5.91 Å². The minimum Gasteiger partial charge on any atom is -0.497 e. The van der Waals surface area contributed by atoms with Crippen LogP contribution in [0.1, 0.15) is 10.4 Å². The van der Waals surface area contributed by atoms with E-state index in [1.807, 2.05) is 29.6 Å². The summed E-state index contributed by atoms with van der Waals surface area (Å²) in [6.07, 6.45) is 0. The van der Waals surface area contributed by atoms with Gasteiger partial charge in [-0.05, 0) is 42.5 Å². The minimum atomic E-state index is -0.606. The lowest BCUT2D eigenvalue weighted by molar-refractivity contribution is -0.119. The summed E-state index contributed by atoms with van der Waals surface area (Å²) >= 11 is 1.32. The van der Waals surface area contributed by atoms with Crippen LogP contribution in [0.2, 0.25) is 0 Å². The number of anilines is 1. The first-order valence-electron chi connectivity index (χ1n) is 8.50. The Hall–Kier alpha value is -3.59. The fraction of sp³-hybridized carbons (Fsp3) is 0.150. The average molecular weight is 413 g/mol. The zero-order valence-electron chi connectivity index (χ0n) is 15.8. The molecule has 0 spiro atoms. The van der Waals surface area contributed by atoms with E-state index in [0.717, 1.165) is 17.0 Å². The number of hydrogen-bond acceptors (Lipinski definition) is 7. The number of rotatable bonds is 8. The maximum atomic E-state index is 12.6. The van der Waals surface area contributed by atoms with Gasteiger partial charge in [0.1, 0.15) is 5.75 Å². The fourth-order valence-corrected chi connectivity index (χ4v) is 3.19. The lowest BCUT2D eigenvalue weighted by Gasteiger charge is -2.11. The number of carbonyl (C=O) groups is 2. The van der Waals surface area contributed by atoms with Crippen LogP contribution >= 0.6 is 11.3 Å². The lowest BCUT2D eigenvalue weighted by atomic mass is 10.2. The van der Waals surface area contributed by atoms with E-state index in [0.29, 0.717) is 22.2 Å². The summed E-state index contributed by atoms with van der Waals surface area (Å²) in [7, 11) is 3.05. The van der Waals surface area contributed by atoms with Crippen LogP contribution in [-0.2, 0) is 4.79 Å². The number of carbonyl (C=O) groups excluding carboxylic acids is 2. The first kappa shape index (κ1) is 20.2. The van der Waals surface area contributed by atoms with Gasteiger partial charge in [0.25, 0.3) is 11.8 Å². The molecule has 29 heavy (non-hydrogen) atoms. The number of nitrogens with two attached hydrogens (primary N) is 1. The predicted molar refractivity (Wildman–Crippen MR) is 110 cm³/mol. The van der Waals surface area contributed by atoms with Crippen LogP contribution in [0.5, 0.6) is 17.2 Å². The van der Waals surface area contributed by atoms with Crippen LogP contribution in [0.15, 0.2) is 47.8 Å². The summed E-state index contributed by atoms with van der Waals surface area (Å²) in [6, 6.07) is 12.1. The van der Waals surface area contributed by atoms with Crippen molar-refractivity contribution in [2.75, 3.05) is 26.1 Å². The molecule has 1 heterocycles. The predicted octanol–water partition coefficient (Wildman–Crippen LogP) is 2.94. The third kappa shape index (κ3) is 5.02. The van der Waals surface area contributed by atoms with Crippen molar-refractivity contribution in [3.63, 3.8) is 0 Å². The zero-order chi connectivity index (χ0) is 20.8. The highest BCUT2D eigenvalue weighted by molar-refractivity contribution is 7.14. The van der Waals surface area contributed by atoms with Gasteiger partial charge in [-0.3, -0.25) is 14.9 Å². The first-order valence-corrected chi connectivity index (χ1v) is 9.38. The van der Waals surface area contributed by atoms with Gasteiger partial charge >= 0.3 is 0 Å². The van der Waals surface area contributed by atoms with Crippen LogP contribution < -0.4 is 25.3 Å². The first-order chi connectivity index (χ1) is 14.0. The number of nitrogens with one attached hydrogen (secondary N) is 1. The van der Waals surface area contributed by atoms with Crippen LogP contribution in [0.3, 0.4) is 0 Å². The number of nitrogens with zero attached hydrogens (tertiary/aromatic N) is 1. The number of ether oxygens (including phenoxy) is 3. The molecular formula is C20H19N3O5S. The SMILES string of the molecule is COc1ccc(-c2csc(NC(=O)c3ccc(OCC(N)=O)c(OC)c3)n2)cc1. The topological polar surface area (TPSA) is 113 Å². The van der Waals surface area contributed by atoms with Gasteiger partial charge in [0, 0.05) is 16.5 Å². The molecule has 0 saturated heterocycles. The molecule has 9 heteroatoms. The highest BCUT2D eigenvalue weighted by Crippen LogP contribution is 2.30. The number of thiazole rings is 1. The third-order valence-electron chi connectivity index (χ3n) is 3.91. The lowest BCUT2D eigenvalue weighted by Crippen LogP contribution is -2.20. The molecule has 2 amide bonds. The molecule has 1 aromatic heterocycles. The molecule has 0 radical (unpaired) electrons. The maximum absolute atomic E-state index is 12.6. The minimum absolute atomic E-state index is 0.283. The molecule has 0 aliphatic carbocycles. The molecule has 3 rings (SSSR count). The Balaban J connectivity index is 1.71. The Kier molecular flexibility index (Phi) is 6.30. The van der Waals surface area contributed by atoms with Gasteiger partial charge in [0.05, 0.1) is 19.9 Å². The number of benzene rings is 2. The number of primary amides is 1. The van der Waals surface area contributed by atoms with Crippen molar-refractivity contribution in [1.82, 2.24) is 4.98 Å². The van der Waals surface area contributed by atoms with Crippen molar-refractivity contribution in [3.8, 4) is 28.5 Å². The molecule has 2 aromatic carbocycles. The summed E-state index contributed by atoms with van der Waals surface area (Å²) in [5.41, 5.74) is 7.10. The third-order valence-corrected chi connectivity index (χ3v) is 4.66. The average Bonchev–Trinajstić information content (AvgIpc) is 3.20. The standard InChI is InChI=1S/C20H19N3O5S/c1-26-14-6-3-12(4-7-14)15-11-29-20(22-15)23-19(25)13-5-8-16(17(9-13)27-2)28-10-18(21)24/h3-9,11H,10H2,1-2H3,(H2,21,24)(H,22,23,25). The van der Waals surface area contributed by atoms with E-state index in [2.05, 4.69) is 10.3 Å². The molecule has 3 N–H and O–H groups in total. The van der Waals surface area contributed by atoms with E-state index in [1.54, 1.807) is 19.2 Å². The van der Waals surface area contributed by atoms with E-state index in [1.165, 1.54) is 24.5 Å². The van der Waals surface area contributed by atoms with E-state index in [4.69, 9.17) is 19.9 Å². The molecule has 8 nitrogen and oxygen atoms in total. The maximum Gasteiger partial charge on any atom is 0.257 e. The van der Waals surface area contributed by atoms with Crippen molar-refractivity contribution < 1.29 is 23.8 Å². The van der Waals surface area contributed by atoms with E-state index in [-0.39, 0.29) is 12.5 Å².